The smallest absolute Gasteiger partial charge is 0.309 e. The highest BCUT2D eigenvalue weighted by Crippen LogP contribution is 2.42. The lowest BCUT2D eigenvalue weighted by Crippen LogP contribution is -2.37. The molecule has 1 unspecified atom stereocenters. The monoisotopic (exact) mass is 255 g/mol. The van der Waals surface area contributed by atoms with Gasteiger partial charge in [0, 0.05) is 13.1 Å². The normalized spacial score (nSPS) is 20.1. The summed E-state index contributed by atoms with van der Waals surface area (Å²) in [6.07, 6.45) is 6.70. The molecule has 1 aliphatic rings. The largest absolute Gasteiger partial charge is 0.469 e. The Bertz CT molecular complexity index is 257. The van der Waals surface area contributed by atoms with Crippen molar-refractivity contribution in [3.05, 3.63) is 0 Å². The third-order valence-corrected chi connectivity index (χ3v) is 4.06. The van der Waals surface area contributed by atoms with Crippen LogP contribution in [0.2, 0.25) is 0 Å². The zero-order chi connectivity index (χ0) is 13.6. The third-order valence-electron chi connectivity index (χ3n) is 4.06. The Labute approximate surface area is 112 Å². The van der Waals surface area contributed by atoms with E-state index in [0.717, 1.165) is 19.0 Å². The summed E-state index contributed by atoms with van der Waals surface area (Å²) in [6, 6.07) is 0. The predicted molar refractivity (Wildman–Crippen MR) is 74.4 cm³/mol. The first-order valence-corrected chi connectivity index (χ1v) is 7.28. The third kappa shape index (κ3) is 4.60. The van der Waals surface area contributed by atoms with Gasteiger partial charge >= 0.3 is 5.97 Å². The van der Waals surface area contributed by atoms with E-state index >= 15 is 0 Å². The zero-order valence-corrected chi connectivity index (χ0v) is 12.4. The van der Waals surface area contributed by atoms with Gasteiger partial charge in [-0.1, -0.05) is 33.6 Å². The minimum atomic E-state index is -0.119. The van der Waals surface area contributed by atoms with Gasteiger partial charge in [0.2, 0.25) is 0 Å². The summed E-state index contributed by atoms with van der Waals surface area (Å²) in [5.41, 5.74) is 0.476. The van der Waals surface area contributed by atoms with E-state index in [4.69, 9.17) is 4.74 Å². The molecule has 0 saturated heterocycles. The van der Waals surface area contributed by atoms with Crippen LogP contribution in [0.5, 0.6) is 0 Å². The van der Waals surface area contributed by atoms with Crippen molar-refractivity contribution in [1.29, 1.82) is 0 Å². The topological polar surface area (TPSA) is 38.3 Å². The fourth-order valence-corrected chi connectivity index (χ4v) is 3.28. The van der Waals surface area contributed by atoms with Crippen LogP contribution in [0.25, 0.3) is 0 Å². The first-order valence-electron chi connectivity index (χ1n) is 7.28. The van der Waals surface area contributed by atoms with Gasteiger partial charge in [0.05, 0.1) is 13.0 Å². The highest BCUT2D eigenvalue weighted by Gasteiger charge is 2.34. The number of rotatable bonds is 7. The molecule has 0 aromatic rings. The van der Waals surface area contributed by atoms with Crippen molar-refractivity contribution in [1.82, 2.24) is 5.32 Å². The summed E-state index contributed by atoms with van der Waals surface area (Å²) in [5.74, 6) is 0.585. The van der Waals surface area contributed by atoms with E-state index in [1.807, 2.05) is 6.92 Å². The quantitative estimate of drug-likeness (QED) is 0.711. The first-order chi connectivity index (χ1) is 8.49. The molecule has 3 heteroatoms. The number of carbonyl (C=O) groups is 1. The lowest BCUT2D eigenvalue weighted by Gasteiger charge is -2.31. The molecular formula is C15H29NO2. The van der Waals surface area contributed by atoms with Gasteiger partial charge in [-0.15, -0.1) is 0 Å². The summed E-state index contributed by atoms with van der Waals surface area (Å²) in [5, 5.41) is 3.49. The van der Waals surface area contributed by atoms with Gasteiger partial charge in [-0.2, -0.15) is 0 Å². The number of methoxy groups -OCH3 is 1. The number of nitrogens with one attached hydrogen (secondary N) is 1. The van der Waals surface area contributed by atoms with Crippen LogP contribution >= 0.6 is 0 Å². The number of ether oxygens (including phenoxy) is 1. The second-order valence-corrected chi connectivity index (χ2v) is 6.36. The Balaban J connectivity index is 2.36. The standard InChI is InChI=1S/C15H29NO2/c1-12(2)9-15(7-5-6-8-15)11-16-10-13(3)14(17)18-4/h12-13,16H,5-11H2,1-4H3. The number of hydrogen-bond acceptors (Lipinski definition) is 3. The van der Waals surface area contributed by atoms with Crippen LogP contribution in [0.4, 0.5) is 0 Å². The molecule has 0 spiro atoms. The average molecular weight is 255 g/mol. The molecule has 0 aromatic carbocycles. The van der Waals surface area contributed by atoms with Gasteiger partial charge in [-0.25, -0.2) is 0 Å². The lowest BCUT2D eigenvalue weighted by molar-refractivity contribution is -0.144. The summed E-state index contributed by atoms with van der Waals surface area (Å²) in [7, 11) is 1.45. The van der Waals surface area contributed by atoms with Crippen molar-refractivity contribution in [2.45, 2.75) is 52.9 Å². The van der Waals surface area contributed by atoms with Crippen molar-refractivity contribution in [2.75, 3.05) is 20.2 Å². The average Bonchev–Trinajstić information content (AvgIpc) is 2.75. The van der Waals surface area contributed by atoms with Crippen molar-refractivity contribution < 1.29 is 9.53 Å². The summed E-state index contributed by atoms with van der Waals surface area (Å²) < 4.78 is 4.75. The predicted octanol–water partition coefficient (Wildman–Crippen LogP) is 2.99. The minimum Gasteiger partial charge on any atom is -0.469 e. The molecule has 0 heterocycles. The summed E-state index contributed by atoms with van der Waals surface area (Å²) in [6.45, 7) is 8.30. The highest BCUT2D eigenvalue weighted by molar-refractivity contribution is 5.71. The van der Waals surface area contributed by atoms with E-state index in [1.54, 1.807) is 0 Å². The minimum absolute atomic E-state index is 0.0486. The van der Waals surface area contributed by atoms with E-state index in [0.29, 0.717) is 5.41 Å². The molecule has 18 heavy (non-hydrogen) atoms. The molecule has 0 aromatic heterocycles. The zero-order valence-electron chi connectivity index (χ0n) is 12.4. The fourth-order valence-electron chi connectivity index (χ4n) is 3.28. The van der Waals surface area contributed by atoms with Crippen LogP contribution in [0.3, 0.4) is 0 Å². The van der Waals surface area contributed by atoms with Crippen molar-refractivity contribution >= 4 is 5.97 Å². The van der Waals surface area contributed by atoms with Gasteiger partial charge in [0.25, 0.3) is 0 Å². The Kier molecular flexibility index (Phi) is 6.13. The maximum Gasteiger partial charge on any atom is 0.309 e. The molecule has 1 saturated carbocycles. The van der Waals surface area contributed by atoms with Crippen LogP contribution in [0, 0.1) is 17.3 Å². The second kappa shape index (κ2) is 7.13. The van der Waals surface area contributed by atoms with Crippen LogP contribution in [-0.2, 0) is 9.53 Å². The number of carbonyl (C=O) groups excluding carboxylic acids is 1. The van der Waals surface area contributed by atoms with E-state index < -0.39 is 0 Å². The van der Waals surface area contributed by atoms with Crippen LogP contribution in [-0.4, -0.2) is 26.2 Å². The molecule has 1 N–H and O–H groups in total. The van der Waals surface area contributed by atoms with Crippen molar-refractivity contribution in [3.63, 3.8) is 0 Å². The van der Waals surface area contributed by atoms with Crippen LogP contribution in [0.15, 0.2) is 0 Å². The molecule has 1 aliphatic carbocycles. The Hall–Kier alpha value is -0.570. The summed E-state index contributed by atoms with van der Waals surface area (Å²) in [4.78, 5) is 11.3. The van der Waals surface area contributed by atoms with Gasteiger partial charge in [-0.05, 0) is 30.6 Å². The SMILES string of the molecule is COC(=O)C(C)CNCC1(CC(C)C)CCCC1. The van der Waals surface area contributed by atoms with Gasteiger partial charge in [0.1, 0.15) is 0 Å². The lowest BCUT2D eigenvalue weighted by atomic mass is 9.78. The fraction of sp³-hybridized carbons (Fsp3) is 0.933. The Morgan fingerprint density at radius 3 is 2.39 bits per heavy atom. The molecule has 3 nitrogen and oxygen atoms in total. The number of hydrogen-bond donors (Lipinski definition) is 1. The molecule has 1 fully saturated rings. The molecule has 0 amide bonds. The Morgan fingerprint density at radius 2 is 1.89 bits per heavy atom. The first kappa shape index (κ1) is 15.5. The molecular weight excluding hydrogens is 226 g/mol. The Morgan fingerprint density at radius 1 is 1.28 bits per heavy atom. The van der Waals surface area contributed by atoms with Gasteiger partial charge in [0.15, 0.2) is 0 Å². The van der Waals surface area contributed by atoms with E-state index in [9.17, 15) is 4.79 Å². The molecule has 0 bridgehead atoms. The van der Waals surface area contributed by atoms with Crippen LogP contribution in [0.1, 0.15) is 52.9 Å². The van der Waals surface area contributed by atoms with Gasteiger partial charge < -0.3 is 10.1 Å². The molecule has 1 rings (SSSR count). The molecule has 0 radical (unpaired) electrons. The molecule has 1 atom stereocenters. The maximum atomic E-state index is 11.3. The second-order valence-electron chi connectivity index (χ2n) is 6.36. The molecule has 0 aliphatic heterocycles. The van der Waals surface area contributed by atoms with E-state index in [-0.39, 0.29) is 11.9 Å². The van der Waals surface area contributed by atoms with E-state index in [1.165, 1.54) is 39.2 Å². The van der Waals surface area contributed by atoms with Gasteiger partial charge in [-0.3, -0.25) is 4.79 Å². The highest BCUT2D eigenvalue weighted by atomic mass is 16.5. The molecule has 106 valence electrons. The summed E-state index contributed by atoms with van der Waals surface area (Å²) >= 11 is 0. The van der Waals surface area contributed by atoms with Crippen molar-refractivity contribution in [2.24, 2.45) is 17.3 Å². The van der Waals surface area contributed by atoms with Crippen LogP contribution < -0.4 is 5.32 Å². The van der Waals surface area contributed by atoms with Crippen molar-refractivity contribution in [3.8, 4) is 0 Å². The van der Waals surface area contributed by atoms with E-state index in [2.05, 4.69) is 19.2 Å². The maximum absolute atomic E-state index is 11.3. The number of esters is 1.